The van der Waals surface area contributed by atoms with Crippen LogP contribution >= 0.6 is 11.3 Å². The van der Waals surface area contributed by atoms with Gasteiger partial charge in [-0.1, -0.05) is 0 Å². The number of ether oxygens (including phenoxy) is 1. The van der Waals surface area contributed by atoms with Gasteiger partial charge < -0.3 is 4.74 Å². The number of carbonyl (C=O) groups is 2. The van der Waals surface area contributed by atoms with Gasteiger partial charge in [0.05, 0.1) is 17.6 Å². The smallest absolute Gasteiger partial charge is 0.306 e. The van der Waals surface area contributed by atoms with E-state index in [0.717, 1.165) is 5.69 Å². The lowest BCUT2D eigenvalue weighted by Gasteiger charge is -2.09. The molecule has 9 heteroatoms. The van der Waals surface area contributed by atoms with Gasteiger partial charge in [-0.05, 0) is 19.3 Å². The predicted octanol–water partition coefficient (Wildman–Crippen LogP) is 0.996. The molecule has 7 nitrogen and oxygen atoms in total. The van der Waals surface area contributed by atoms with Crippen LogP contribution in [0.4, 0.5) is 0 Å². The van der Waals surface area contributed by atoms with Crippen molar-refractivity contribution in [2.45, 2.75) is 25.7 Å². The second-order valence-electron chi connectivity index (χ2n) is 5.49. The van der Waals surface area contributed by atoms with Crippen LogP contribution in [-0.2, 0) is 24.2 Å². The first-order valence-electron chi connectivity index (χ1n) is 7.01. The molecule has 0 aromatic carbocycles. The summed E-state index contributed by atoms with van der Waals surface area (Å²) in [5.41, 5.74) is 0.720. The molecule has 0 saturated carbocycles. The number of hydrogen-bond donors (Lipinski definition) is 0. The molecule has 0 radical (unpaired) electrons. The summed E-state index contributed by atoms with van der Waals surface area (Å²) in [7, 11) is -3.05. The molecule has 1 aromatic heterocycles. The summed E-state index contributed by atoms with van der Waals surface area (Å²) in [6.45, 7) is 1.25. The number of ketones is 1. The van der Waals surface area contributed by atoms with Crippen LogP contribution in [-0.4, -0.2) is 43.3 Å². The number of aryl methyl sites for hydroxylation is 1. The van der Waals surface area contributed by atoms with Crippen LogP contribution in [0, 0.1) is 24.2 Å². The number of aromatic nitrogens is 1. The van der Waals surface area contributed by atoms with Gasteiger partial charge in [0, 0.05) is 17.5 Å². The summed E-state index contributed by atoms with van der Waals surface area (Å²) in [5.74, 6) is -2.38. The van der Waals surface area contributed by atoms with Crippen molar-refractivity contribution in [3.8, 4) is 6.07 Å². The first-order valence-corrected chi connectivity index (χ1v) is 9.71. The van der Waals surface area contributed by atoms with E-state index < -0.39 is 34.1 Å². The molecule has 124 valence electrons. The minimum Gasteiger partial charge on any atom is -0.458 e. The quantitative estimate of drug-likeness (QED) is 0.698. The van der Waals surface area contributed by atoms with E-state index in [4.69, 9.17) is 10.00 Å². The summed E-state index contributed by atoms with van der Waals surface area (Å²) in [6.07, 6.45) is 0.407. The number of rotatable bonds is 6. The largest absolute Gasteiger partial charge is 0.458 e. The van der Waals surface area contributed by atoms with Gasteiger partial charge in [-0.15, -0.1) is 11.3 Å². The van der Waals surface area contributed by atoms with Crippen LogP contribution in [0.1, 0.15) is 29.5 Å². The number of sulfone groups is 1. The Kier molecular flexibility index (Phi) is 5.49. The average Bonchev–Trinajstić information content (AvgIpc) is 3.03. The lowest BCUT2D eigenvalue weighted by Crippen LogP contribution is -2.21. The van der Waals surface area contributed by atoms with Gasteiger partial charge in [0.15, 0.2) is 28.1 Å². The number of nitrogens with zero attached hydrogens (tertiary/aromatic N) is 2. The highest BCUT2D eigenvalue weighted by Gasteiger charge is 2.30. The summed E-state index contributed by atoms with van der Waals surface area (Å²) in [5, 5.41) is 11.2. The lowest BCUT2D eigenvalue weighted by atomic mass is 10.1. The maximum Gasteiger partial charge on any atom is 0.306 e. The van der Waals surface area contributed by atoms with E-state index in [1.54, 1.807) is 12.3 Å². The van der Waals surface area contributed by atoms with E-state index in [-0.39, 0.29) is 23.8 Å². The molecule has 1 saturated heterocycles. The van der Waals surface area contributed by atoms with Crippen LogP contribution in [0.15, 0.2) is 5.38 Å². The third-order valence-electron chi connectivity index (χ3n) is 3.49. The molecule has 1 aromatic rings. The van der Waals surface area contributed by atoms with Gasteiger partial charge in [0.25, 0.3) is 0 Å². The third-order valence-corrected chi connectivity index (χ3v) is 6.36. The molecule has 2 atom stereocenters. The molecule has 2 heterocycles. The average molecular weight is 356 g/mol. The summed E-state index contributed by atoms with van der Waals surface area (Å²) in [6, 6.07) is 1.87. The molecule has 1 aliphatic rings. The molecule has 23 heavy (non-hydrogen) atoms. The number of hydrogen-bond acceptors (Lipinski definition) is 8. The van der Waals surface area contributed by atoms with E-state index in [1.807, 2.05) is 6.07 Å². The van der Waals surface area contributed by atoms with Crippen molar-refractivity contribution in [3.05, 3.63) is 16.1 Å². The minimum atomic E-state index is -3.05. The van der Waals surface area contributed by atoms with Gasteiger partial charge >= 0.3 is 5.97 Å². The fourth-order valence-corrected chi connectivity index (χ4v) is 5.06. The Morgan fingerprint density at radius 3 is 2.83 bits per heavy atom. The van der Waals surface area contributed by atoms with Gasteiger partial charge in [-0.25, -0.2) is 13.4 Å². The Bertz CT molecular complexity index is 747. The molecular weight excluding hydrogens is 340 g/mol. The molecule has 0 unspecified atom stereocenters. The van der Waals surface area contributed by atoms with Crippen molar-refractivity contribution < 1.29 is 22.7 Å². The van der Waals surface area contributed by atoms with Crippen molar-refractivity contribution >= 4 is 32.9 Å². The fraction of sp³-hybridized carbons (Fsp3) is 0.571. The molecule has 0 N–H and O–H groups in total. The van der Waals surface area contributed by atoms with Crippen LogP contribution in [0.3, 0.4) is 0 Å². The van der Waals surface area contributed by atoms with E-state index in [0.29, 0.717) is 11.4 Å². The van der Waals surface area contributed by atoms with E-state index >= 15 is 0 Å². The zero-order chi connectivity index (χ0) is 17.0. The Balaban J connectivity index is 1.84. The Labute approximate surface area is 138 Å². The lowest BCUT2D eigenvalue weighted by molar-refractivity contribution is -0.148. The first kappa shape index (κ1) is 17.6. The topological polar surface area (TPSA) is 114 Å². The molecule has 2 rings (SSSR count). The normalized spacial score (nSPS) is 20.6. The second kappa shape index (κ2) is 7.19. The van der Waals surface area contributed by atoms with Crippen LogP contribution in [0.25, 0.3) is 0 Å². The minimum absolute atomic E-state index is 0.0186. The summed E-state index contributed by atoms with van der Waals surface area (Å²) >= 11 is 1.21. The zero-order valence-corrected chi connectivity index (χ0v) is 14.2. The number of nitriles is 1. The van der Waals surface area contributed by atoms with E-state index in [9.17, 15) is 18.0 Å². The van der Waals surface area contributed by atoms with Crippen LogP contribution < -0.4 is 0 Å². The van der Waals surface area contributed by atoms with Gasteiger partial charge in [-0.3, -0.25) is 9.59 Å². The molecule has 0 bridgehead atoms. The SMILES string of the molecule is Cc1csc([C@@H](C#N)C(=O)COC(=O)C[C@@H]2CCS(=O)(=O)C2)n1. The van der Waals surface area contributed by atoms with Gasteiger partial charge in [-0.2, -0.15) is 5.26 Å². The monoisotopic (exact) mass is 356 g/mol. The molecule has 0 amide bonds. The van der Waals surface area contributed by atoms with Crippen LogP contribution in [0.5, 0.6) is 0 Å². The number of carbonyl (C=O) groups excluding carboxylic acids is 2. The molecular formula is C14H16N2O5S2. The van der Waals surface area contributed by atoms with Crippen molar-refractivity contribution in [3.63, 3.8) is 0 Å². The Morgan fingerprint density at radius 1 is 1.57 bits per heavy atom. The second-order valence-corrected chi connectivity index (χ2v) is 8.61. The van der Waals surface area contributed by atoms with Crippen molar-refractivity contribution in [1.29, 1.82) is 5.26 Å². The molecule has 1 aliphatic heterocycles. The molecule has 1 fully saturated rings. The predicted molar refractivity (Wildman–Crippen MR) is 82.5 cm³/mol. The number of esters is 1. The highest BCUT2D eigenvalue weighted by Crippen LogP contribution is 2.23. The maximum atomic E-state index is 12.0. The van der Waals surface area contributed by atoms with Gasteiger partial charge in [0.2, 0.25) is 0 Å². The molecule has 0 aliphatic carbocycles. The van der Waals surface area contributed by atoms with Crippen molar-refractivity contribution in [2.24, 2.45) is 5.92 Å². The van der Waals surface area contributed by atoms with E-state index in [2.05, 4.69) is 4.98 Å². The highest BCUT2D eigenvalue weighted by molar-refractivity contribution is 7.91. The summed E-state index contributed by atoms with van der Waals surface area (Å²) < 4.78 is 27.5. The fourth-order valence-electron chi connectivity index (χ4n) is 2.33. The van der Waals surface area contributed by atoms with E-state index in [1.165, 1.54) is 11.3 Å². The first-order chi connectivity index (χ1) is 10.8. The van der Waals surface area contributed by atoms with Crippen molar-refractivity contribution in [1.82, 2.24) is 4.98 Å². The standard InChI is InChI=1S/C14H16N2O5S2/c1-9-7-22-14(16-9)11(5-15)12(17)6-21-13(18)4-10-2-3-23(19,20)8-10/h7,10-11H,2-4,6,8H2,1H3/t10-,11-/m0/s1. The molecule has 0 spiro atoms. The maximum absolute atomic E-state index is 12.0. The number of Topliss-reactive ketones (excluding diaryl/α,β-unsaturated/α-hetero) is 1. The third kappa shape index (κ3) is 4.84. The zero-order valence-electron chi connectivity index (χ0n) is 12.5. The Hall–Kier alpha value is -1.79. The Morgan fingerprint density at radius 2 is 2.30 bits per heavy atom. The van der Waals surface area contributed by atoms with Crippen LogP contribution in [0.2, 0.25) is 0 Å². The van der Waals surface area contributed by atoms with Crippen molar-refractivity contribution in [2.75, 3.05) is 18.1 Å². The van der Waals surface area contributed by atoms with Gasteiger partial charge in [0.1, 0.15) is 5.01 Å². The number of thiazole rings is 1. The summed E-state index contributed by atoms with van der Waals surface area (Å²) in [4.78, 5) is 27.8. The highest BCUT2D eigenvalue weighted by atomic mass is 32.2.